The number of carbonyl (C=O) groups excluding carboxylic acids is 1. The number of carboxylic acids is 1. The van der Waals surface area contributed by atoms with Gasteiger partial charge in [-0.1, -0.05) is 0 Å². The Bertz CT molecular complexity index is 624. The van der Waals surface area contributed by atoms with Crippen molar-refractivity contribution in [2.75, 3.05) is 13.1 Å². The number of amides is 1. The highest BCUT2D eigenvalue weighted by Crippen LogP contribution is 2.17. The SMILES string of the molecule is CC(=O)NCCN(C(C)C(=O)O)S(=O)(=O)c1ccnn1C. The number of hydrogen-bond acceptors (Lipinski definition) is 5. The lowest BCUT2D eigenvalue weighted by Gasteiger charge is -2.25. The lowest BCUT2D eigenvalue weighted by atomic mass is 10.3. The fraction of sp³-hybridized carbons (Fsp3) is 0.545. The van der Waals surface area contributed by atoms with Gasteiger partial charge in [0, 0.05) is 27.1 Å². The molecule has 1 atom stereocenters. The molecule has 10 heteroatoms. The molecule has 21 heavy (non-hydrogen) atoms. The van der Waals surface area contributed by atoms with Crippen LogP contribution in [-0.4, -0.2) is 58.6 Å². The van der Waals surface area contributed by atoms with Gasteiger partial charge < -0.3 is 10.4 Å². The van der Waals surface area contributed by atoms with Gasteiger partial charge in [-0.25, -0.2) is 8.42 Å². The lowest BCUT2D eigenvalue weighted by Crippen LogP contribution is -2.47. The average molecular weight is 318 g/mol. The minimum absolute atomic E-state index is 0.0179. The first kappa shape index (κ1) is 17.1. The van der Waals surface area contributed by atoms with Gasteiger partial charge in [0.25, 0.3) is 10.0 Å². The van der Waals surface area contributed by atoms with Crippen molar-refractivity contribution in [3.8, 4) is 0 Å². The van der Waals surface area contributed by atoms with E-state index in [2.05, 4.69) is 10.4 Å². The summed E-state index contributed by atoms with van der Waals surface area (Å²) >= 11 is 0. The van der Waals surface area contributed by atoms with Gasteiger partial charge in [0.05, 0.1) is 6.20 Å². The molecule has 0 saturated heterocycles. The van der Waals surface area contributed by atoms with E-state index in [1.807, 2.05) is 0 Å². The van der Waals surface area contributed by atoms with E-state index in [1.54, 1.807) is 0 Å². The molecule has 1 heterocycles. The smallest absolute Gasteiger partial charge is 0.321 e. The predicted octanol–water partition coefficient (Wildman–Crippen LogP) is -0.980. The van der Waals surface area contributed by atoms with Crippen molar-refractivity contribution in [2.24, 2.45) is 7.05 Å². The number of aromatic nitrogens is 2. The topological polar surface area (TPSA) is 122 Å². The predicted molar refractivity (Wildman–Crippen MR) is 72.9 cm³/mol. The van der Waals surface area contributed by atoms with E-state index in [-0.39, 0.29) is 24.0 Å². The van der Waals surface area contributed by atoms with Gasteiger partial charge in [0.1, 0.15) is 6.04 Å². The Morgan fingerprint density at radius 1 is 1.52 bits per heavy atom. The van der Waals surface area contributed by atoms with Crippen molar-refractivity contribution in [1.29, 1.82) is 0 Å². The normalized spacial score (nSPS) is 13.1. The summed E-state index contributed by atoms with van der Waals surface area (Å²) in [5.41, 5.74) is 0. The second kappa shape index (κ2) is 6.68. The van der Waals surface area contributed by atoms with Crippen molar-refractivity contribution in [3.63, 3.8) is 0 Å². The van der Waals surface area contributed by atoms with E-state index in [0.717, 1.165) is 8.99 Å². The Kier molecular flexibility index (Phi) is 5.44. The molecular formula is C11H18N4O5S. The molecule has 0 aromatic carbocycles. The Morgan fingerprint density at radius 3 is 2.57 bits per heavy atom. The third kappa shape index (κ3) is 4.02. The van der Waals surface area contributed by atoms with E-state index in [4.69, 9.17) is 5.11 Å². The van der Waals surface area contributed by atoms with Crippen molar-refractivity contribution >= 4 is 21.9 Å². The van der Waals surface area contributed by atoms with Gasteiger partial charge in [0.15, 0.2) is 5.03 Å². The number of nitrogens with one attached hydrogen (secondary N) is 1. The summed E-state index contributed by atoms with van der Waals surface area (Å²) in [6.45, 7) is 2.43. The molecule has 0 aliphatic carbocycles. The molecule has 2 N–H and O–H groups in total. The van der Waals surface area contributed by atoms with Gasteiger partial charge in [-0.3, -0.25) is 14.3 Å². The van der Waals surface area contributed by atoms with Gasteiger partial charge in [-0.05, 0) is 13.0 Å². The van der Waals surface area contributed by atoms with Crippen molar-refractivity contribution in [2.45, 2.75) is 24.9 Å². The molecule has 9 nitrogen and oxygen atoms in total. The fourth-order valence-electron chi connectivity index (χ4n) is 1.72. The van der Waals surface area contributed by atoms with Crippen LogP contribution in [0.4, 0.5) is 0 Å². The molecule has 0 aliphatic rings. The Labute approximate surface area is 122 Å². The summed E-state index contributed by atoms with van der Waals surface area (Å²) in [5.74, 6) is -1.60. The minimum atomic E-state index is -4.03. The van der Waals surface area contributed by atoms with Crippen LogP contribution in [0.2, 0.25) is 0 Å². The third-order valence-electron chi connectivity index (χ3n) is 2.84. The summed E-state index contributed by atoms with van der Waals surface area (Å²) in [6.07, 6.45) is 1.31. The maximum absolute atomic E-state index is 12.5. The van der Waals surface area contributed by atoms with Gasteiger partial charge in [-0.15, -0.1) is 0 Å². The van der Waals surface area contributed by atoms with Crippen LogP contribution in [0.1, 0.15) is 13.8 Å². The van der Waals surface area contributed by atoms with E-state index in [9.17, 15) is 18.0 Å². The fourth-order valence-corrected chi connectivity index (χ4v) is 3.41. The summed E-state index contributed by atoms with van der Waals surface area (Å²) in [4.78, 5) is 22.0. The molecule has 0 spiro atoms. The minimum Gasteiger partial charge on any atom is -0.480 e. The van der Waals surface area contributed by atoms with Gasteiger partial charge >= 0.3 is 5.97 Å². The van der Waals surface area contributed by atoms with Crippen molar-refractivity contribution < 1.29 is 23.1 Å². The van der Waals surface area contributed by atoms with Crippen LogP contribution in [0, 0.1) is 0 Å². The van der Waals surface area contributed by atoms with Crippen LogP contribution in [0.3, 0.4) is 0 Å². The van der Waals surface area contributed by atoms with Crippen LogP contribution < -0.4 is 5.32 Å². The third-order valence-corrected chi connectivity index (χ3v) is 4.89. The Hall–Kier alpha value is -1.94. The van der Waals surface area contributed by atoms with E-state index >= 15 is 0 Å². The Balaban J connectivity index is 3.08. The molecule has 0 fully saturated rings. The number of carboxylic acid groups (broad SMARTS) is 1. The van der Waals surface area contributed by atoms with Crippen LogP contribution in [0.15, 0.2) is 17.3 Å². The van der Waals surface area contributed by atoms with E-state index in [0.29, 0.717) is 0 Å². The highest BCUT2D eigenvalue weighted by atomic mass is 32.2. The maximum atomic E-state index is 12.5. The number of hydrogen-bond donors (Lipinski definition) is 2. The number of rotatable bonds is 7. The molecular weight excluding hydrogens is 300 g/mol. The molecule has 118 valence electrons. The largest absolute Gasteiger partial charge is 0.480 e. The van der Waals surface area contributed by atoms with Gasteiger partial charge in [-0.2, -0.15) is 9.40 Å². The number of aliphatic carboxylic acids is 1. The summed E-state index contributed by atoms with van der Waals surface area (Å²) in [6, 6.07) is 0.0219. The average Bonchev–Trinajstić information content (AvgIpc) is 2.80. The first-order valence-electron chi connectivity index (χ1n) is 6.15. The number of sulfonamides is 1. The molecule has 1 aromatic rings. The molecule has 1 amide bonds. The molecule has 0 radical (unpaired) electrons. The van der Waals surface area contributed by atoms with E-state index < -0.39 is 22.0 Å². The van der Waals surface area contributed by atoms with Crippen LogP contribution >= 0.6 is 0 Å². The molecule has 0 aliphatic heterocycles. The highest BCUT2D eigenvalue weighted by Gasteiger charge is 2.34. The second-order valence-corrected chi connectivity index (χ2v) is 6.24. The first-order valence-corrected chi connectivity index (χ1v) is 7.59. The van der Waals surface area contributed by atoms with Crippen molar-refractivity contribution in [1.82, 2.24) is 19.4 Å². The molecule has 0 saturated carbocycles. The van der Waals surface area contributed by atoms with Crippen molar-refractivity contribution in [3.05, 3.63) is 12.3 Å². The zero-order valence-corrected chi connectivity index (χ0v) is 12.8. The zero-order valence-electron chi connectivity index (χ0n) is 12.0. The molecule has 1 unspecified atom stereocenters. The highest BCUT2D eigenvalue weighted by molar-refractivity contribution is 7.89. The monoisotopic (exact) mass is 318 g/mol. The van der Waals surface area contributed by atoms with Gasteiger partial charge in [0.2, 0.25) is 5.91 Å². The maximum Gasteiger partial charge on any atom is 0.321 e. The van der Waals surface area contributed by atoms with E-state index in [1.165, 1.54) is 33.2 Å². The summed E-state index contributed by atoms with van der Waals surface area (Å²) < 4.78 is 27.0. The molecule has 1 aromatic heterocycles. The standard InChI is InChI=1S/C11H18N4O5S/c1-8(11(17)18)15(7-6-12-9(2)16)21(19,20)10-4-5-13-14(10)3/h4-5,8H,6-7H2,1-3H3,(H,12,16)(H,17,18). The zero-order chi connectivity index (χ0) is 16.2. The number of nitrogens with zero attached hydrogens (tertiary/aromatic N) is 3. The Morgan fingerprint density at radius 2 is 2.14 bits per heavy atom. The first-order chi connectivity index (χ1) is 9.67. The molecule has 0 bridgehead atoms. The summed E-state index contributed by atoms with van der Waals surface area (Å²) in [7, 11) is -2.58. The van der Waals surface area contributed by atoms with Crippen LogP contribution in [0.5, 0.6) is 0 Å². The molecule has 1 rings (SSSR count). The number of aryl methyl sites for hydroxylation is 1. The second-order valence-electron chi connectivity index (χ2n) is 4.41. The van der Waals surface area contributed by atoms with Crippen LogP contribution in [-0.2, 0) is 26.7 Å². The van der Waals surface area contributed by atoms with Crippen LogP contribution in [0.25, 0.3) is 0 Å². The quantitative estimate of drug-likeness (QED) is 0.666. The number of carbonyl (C=O) groups is 2. The summed E-state index contributed by atoms with van der Waals surface area (Å²) in [5, 5.41) is 15.2. The lowest BCUT2D eigenvalue weighted by molar-refractivity contribution is -0.140.